The molecule has 0 bridgehead atoms. The summed E-state index contributed by atoms with van der Waals surface area (Å²) in [5.74, 6) is -1.02. The summed E-state index contributed by atoms with van der Waals surface area (Å²) >= 11 is 0. The molecule has 76 heavy (non-hydrogen) atoms. The third-order valence-electron chi connectivity index (χ3n) is 11.9. The van der Waals surface area contributed by atoms with Crippen LogP contribution in [0.3, 0.4) is 0 Å². The molecule has 0 fully saturated rings. The third kappa shape index (κ3) is 59.6. The second-order valence-electron chi connectivity index (χ2n) is 19.1. The van der Waals surface area contributed by atoms with Gasteiger partial charge in [0, 0.05) is 19.3 Å². The lowest BCUT2D eigenvalue weighted by atomic mass is 10.1. The minimum atomic E-state index is -0.829. The minimum Gasteiger partial charge on any atom is -0.462 e. The number of carbonyl (C=O) groups excluding carboxylic acids is 3. The molecule has 0 aromatic rings. The van der Waals surface area contributed by atoms with E-state index in [4.69, 9.17) is 14.2 Å². The van der Waals surface area contributed by atoms with Crippen LogP contribution in [0.4, 0.5) is 0 Å². The van der Waals surface area contributed by atoms with Gasteiger partial charge in [-0.15, -0.1) is 0 Å². The summed E-state index contributed by atoms with van der Waals surface area (Å²) in [6.45, 7) is 6.29. The Balaban J connectivity index is 4.54. The molecule has 0 amide bonds. The molecule has 0 aliphatic carbocycles. The lowest BCUT2D eigenvalue weighted by Gasteiger charge is -2.18. The molecule has 0 aliphatic heterocycles. The zero-order chi connectivity index (χ0) is 55.0. The highest BCUT2D eigenvalue weighted by molar-refractivity contribution is 5.71. The van der Waals surface area contributed by atoms with Gasteiger partial charge in [-0.1, -0.05) is 236 Å². The molecule has 0 heterocycles. The molecule has 424 valence electrons. The normalized spacial score (nSPS) is 13.4. The fourth-order valence-corrected chi connectivity index (χ4v) is 7.49. The molecule has 0 rings (SSSR count). The maximum atomic E-state index is 12.9. The Morgan fingerprint density at radius 2 is 0.526 bits per heavy atom. The molecule has 6 nitrogen and oxygen atoms in total. The molecule has 1 atom stereocenters. The molecule has 0 radical (unpaired) electrons. The maximum Gasteiger partial charge on any atom is 0.306 e. The van der Waals surface area contributed by atoms with Gasteiger partial charge in [0.05, 0.1) is 0 Å². The van der Waals surface area contributed by atoms with E-state index in [1.165, 1.54) is 32.1 Å². The van der Waals surface area contributed by atoms with Gasteiger partial charge in [0.2, 0.25) is 0 Å². The van der Waals surface area contributed by atoms with Crippen LogP contribution in [0.2, 0.25) is 0 Å². The number of hydrogen-bond donors (Lipinski definition) is 0. The van der Waals surface area contributed by atoms with Gasteiger partial charge in [-0.3, -0.25) is 14.4 Å². The fourth-order valence-electron chi connectivity index (χ4n) is 7.49. The highest BCUT2D eigenvalue weighted by Gasteiger charge is 2.19. The monoisotopic (exact) mass is 1040 g/mol. The number of carbonyl (C=O) groups is 3. The van der Waals surface area contributed by atoms with E-state index in [2.05, 4.69) is 191 Å². The molecular weight excluding hydrogens is 937 g/mol. The predicted octanol–water partition coefficient (Wildman–Crippen LogP) is 20.7. The van der Waals surface area contributed by atoms with Gasteiger partial charge in [-0.25, -0.2) is 0 Å². The van der Waals surface area contributed by atoms with Gasteiger partial charge < -0.3 is 14.2 Å². The Kier molecular flexibility index (Phi) is 58.0. The topological polar surface area (TPSA) is 78.9 Å². The summed E-state index contributed by atoms with van der Waals surface area (Å²) in [5.41, 5.74) is 0. The molecule has 0 aromatic heterocycles. The first kappa shape index (κ1) is 70.8. The van der Waals surface area contributed by atoms with Crippen molar-refractivity contribution in [2.24, 2.45) is 0 Å². The number of rotatable bonds is 52. The van der Waals surface area contributed by atoms with Crippen LogP contribution < -0.4 is 0 Å². The highest BCUT2D eigenvalue weighted by Crippen LogP contribution is 2.12. The summed E-state index contributed by atoms with van der Waals surface area (Å²) in [7, 11) is 0. The van der Waals surface area contributed by atoms with Crippen molar-refractivity contribution in [3.05, 3.63) is 170 Å². The van der Waals surface area contributed by atoms with Gasteiger partial charge in [0.25, 0.3) is 0 Å². The van der Waals surface area contributed by atoms with Crippen molar-refractivity contribution in [2.45, 2.75) is 239 Å². The van der Waals surface area contributed by atoms with E-state index in [0.717, 1.165) is 154 Å². The van der Waals surface area contributed by atoms with E-state index in [1.54, 1.807) is 0 Å². The van der Waals surface area contributed by atoms with E-state index in [-0.39, 0.29) is 44.0 Å². The quantitative estimate of drug-likeness (QED) is 0.0261. The van der Waals surface area contributed by atoms with Gasteiger partial charge in [0.1, 0.15) is 13.2 Å². The fraction of sp³-hybridized carbons (Fsp3) is 0.557. The Morgan fingerprint density at radius 3 is 0.868 bits per heavy atom. The summed E-state index contributed by atoms with van der Waals surface area (Å²) < 4.78 is 16.8. The smallest absolute Gasteiger partial charge is 0.306 e. The van der Waals surface area contributed by atoms with Crippen LogP contribution in [0.15, 0.2) is 170 Å². The van der Waals surface area contributed by atoms with E-state index >= 15 is 0 Å². The van der Waals surface area contributed by atoms with E-state index in [0.29, 0.717) is 12.8 Å². The molecule has 1 unspecified atom stereocenters. The van der Waals surface area contributed by atoms with Crippen molar-refractivity contribution in [1.82, 2.24) is 0 Å². The predicted molar refractivity (Wildman–Crippen MR) is 329 cm³/mol. The van der Waals surface area contributed by atoms with Crippen molar-refractivity contribution in [2.75, 3.05) is 13.2 Å². The summed E-state index contributed by atoms with van der Waals surface area (Å²) in [5, 5.41) is 0. The lowest BCUT2D eigenvalue weighted by molar-refractivity contribution is -0.167. The Bertz CT molecular complexity index is 1770. The number of allylic oxidation sites excluding steroid dienone is 28. The number of hydrogen-bond acceptors (Lipinski definition) is 6. The van der Waals surface area contributed by atoms with Crippen LogP contribution >= 0.6 is 0 Å². The molecule has 0 N–H and O–H groups in total. The first-order valence-corrected chi connectivity index (χ1v) is 30.1. The van der Waals surface area contributed by atoms with Crippen LogP contribution in [-0.4, -0.2) is 37.2 Å². The SMILES string of the molecule is CC/C=C\C/C=C\C/C=C\C/C=C\C/C=C\C/C=C\C/C=C\CCCC(=O)OCC(COC(=O)CCCCCCC/C=C\CCCCC)OC(=O)CCCCCC/C=C\C/C=C\C/C=C\C/C=C\C/C=C\C/C=C\CC. The molecule has 0 saturated heterocycles. The van der Waals surface area contributed by atoms with E-state index < -0.39 is 6.10 Å². The van der Waals surface area contributed by atoms with E-state index in [1.807, 2.05) is 0 Å². The van der Waals surface area contributed by atoms with Gasteiger partial charge in [-0.05, 0) is 148 Å². The number of ether oxygens (including phenoxy) is 3. The molecular formula is C70H108O6. The lowest BCUT2D eigenvalue weighted by Crippen LogP contribution is -2.30. The molecule has 6 heteroatoms. The average molecular weight is 1050 g/mol. The zero-order valence-electron chi connectivity index (χ0n) is 48.4. The van der Waals surface area contributed by atoms with Gasteiger partial charge in [0.15, 0.2) is 6.10 Å². The first-order chi connectivity index (χ1) is 37.5. The molecule has 0 aromatic carbocycles. The molecule has 0 aliphatic rings. The third-order valence-corrected chi connectivity index (χ3v) is 11.9. The Labute approximate surface area is 466 Å². The van der Waals surface area contributed by atoms with Crippen LogP contribution in [0.5, 0.6) is 0 Å². The maximum absolute atomic E-state index is 12.9. The van der Waals surface area contributed by atoms with Crippen molar-refractivity contribution in [3.8, 4) is 0 Å². The van der Waals surface area contributed by atoms with Crippen LogP contribution in [-0.2, 0) is 28.6 Å². The van der Waals surface area contributed by atoms with Crippen molar-refractivity contribution in [3.63, 3.8) is 0 Å². The van der Waals surface area contributed by atoms with Crippen LogP contribution in [0.25, 0.3) is 0 Å². The average Bonchev–Trinajstić information content (AvgIpc) is 3.42. The standard InChI is InChI=1S/C70H108O6/c1-4-7-10-13-16-19-22-25-27-29-31-33-35-37-39-41-43-45-48-51-54-57-60-63-69(72)75-66-67(65-74-68(71)62-59-56-53-50-47-24-21-18-15-12-9-6-3)76-70(73)64-61-58-55-52-49-46-44-42-40-38-36-34-32-30-28-26-23-20-17-14-11-8-5-2/h7-8,10-11,16-21,25-28,31-34,37-40,43-46,51,54,67H,4-6,9,12-15,22-24,29-30,35-36,41-42,47-50,52-53,55-66H2,1-3H3/b10-7-,11-8-,19-16-,20-17-,21-18-,27-25-,28-26-,33-31-,34-32-,39-37-,40-38-,45-43-,46-44-,54-51-. The number of unbranched alkanes of at least 4 members (excludes halogenated alkanes) is 13. The van der Waals surface area contributed by atoms with Crippen molar-refractivity contribution in [1.29, 1.82) is 0 Å². The second-order valence-corrected chi connectivity index (χ2v) is 19.1. The van der Waals surface area contributed by atoms with Crippen LogP contribution in [0.1, 0.15) is 233 Å². The van der Waals surface area contributed by atoms with Crippen LogP contribution in [0, 0.1) is 0 Å². The Hall–Kier alpha value is -5.23. The molecule has 0 saturated carbocycles. The van der Waals surface area contributed by atoms with Gasteiger partial charge >= 0.3 is 17.9 Å². The molecule has 0 spiro atoms. The Morgan fingerprint density at radius 1 is 0.276 bits per heavy atom. The summed E-state index contributed by atoms with van der Waals surface area (Å²) in [6.07, 6.45) is 92.1. The largest absolute Gasteiger partial charge is 0.462 e. The minimum absolute atomic E-state index is 0.119. The number of esters is 3. The zero-order valence-corrected chi connectivity index (χ0v) is 48.4. The second kappa shape index (κ2) is 62.3. The summed E-state index contributed by atoms with van der Waals surface area (Å²) in [6, 6.07) is 0. The van der Waals surface area contributed by atoms with E-state index in [9.17, 15) is 14.4 Å². The van der Waals surface area contributed by atoms with Crippen molar-refractivity contribution < 1.29 is 28.6 Å². The highest BCUT2D eigenvalue weighted by atomic mass is 16.6. The van der Waals surface area contributed by atoms with Crippen molar-refractivity contribution >= 4 is 17.9 Å². The first-order valence-electron chi connectivity index (χ1n) is 30.1. The summed E-state index contributed by atoms with van der Waals surface area (Å²) in [4.78, 5) is 38.2. The van der Waals surface area contributed by atoms with Gasteiger partial charge in [-0.2, -0.15) is 0 Å².